The molecule has 0 spiro atoms. The second-order valence-electron chi connectivity index (χ2n) is 5.68. The van der Waals surface area contributed by atoms with Crippen molar-refractivity contribution >= 4 is 5.91 Å². The molecular formula is C14H19N5O3. The van der Waals surface area contributed by atoms with Crippen LogP contribution in [-0.2, 0) is 7.05 Å². The number of hydrogen-bond donors (Lipinski definition) is 3. The van der Waals surface area contributed by atoms with Gasteiger partial charge in [-0.25, -0.2) is 0 Å². The van der Waals surface area contributed by atoms with Crippen LogP contribution >= 0.6 is 0 Å². The first-order chi connectivity index (χ1) is 10.5. The Labute approximate surface area is 127 Å². The lowest BCUT2D eigenvalue weighted by Gasteiger charge is -2.20. The summed E-state index contributed by atoms with van der Waals surface area (Å²) in [5, 5.41) is 23.9. The van der Waals surface area contributed by atoms with Crippen LogP contribution in [0.3, 0.4) is 0 Å². The van der Waals surface area contributed by atoms with Crippen molar-refractivity contribution in [1.29, 1.82) is 0 Å². The molecule has 0 radical (unpaired) electrons. The molecule has 1 aliphatic heterocycles. The Morgan fingerprint density at radius 2 is 2.45 bits per heavy atom. The van der Waals surface area contributed by atoms with E-state index in [1.165, 1.54) is 0 Å². The highest BCUT2D eigenvalue weighted by Gasteiger charge is 2.31. The number of hydrogen-bond acceptors (Lipinski definition) is 6. The van der Waals surface area contributed by atoms with Gasteiger partial charge in [-0.3, -0.25) is 9.48 Å². The Hall–Kier alpha value is -2.19. The van der Waals surface area contributed by atoms with Crippen LogP contribution in [-0.4, -0.2) is 51.2 Å². The predicted octanol–water partition coefficient (Wildman–Crippen LogP) is -0.162. The second-order valence-corrected chi connectivity index (χ2v) is 5.68. The summed E-state index contributed by atoms with van der Waals surface area (Å²) >= 11 is 0. The molecule has 3 rings (SSSR count). The highest BCUT2D eigenvalue weighted by Crippen LogP contribution is 2.23. The van der Waals surface area contributed by atoms with Crippen LogP contribution in [0.5, 0.6) is 0 Å². The molecule has 0 bridgehead atoms. The van der Waals surface area contributed by atoms with E-state index in [-0.39, 0.29) is 18.1 Å². The number of nitrogens with zero attached hydrogens (tertiary/aromatic N) is 3. The van der Waals surface area contributed by atoms with E-state index in [0.717, 1.165) is 17.8 Å². The van der Waals surface area contributed by atoms with Crippen LogP contribution in [0.1, 0.15) is 22.6 Å². The Kier molecular flexibility index (Phi) is 3.71. The zero-order chi connectivity index (χ0) is 15.7. The fourth-order valence-corrected chi connectivity index (χ4v) is 2.47. The topological polar surface area (TPSA) is 105 Å². The van der Waals surface area contributed by atoms with Gasteiger partial charge in [0.05, 0.1) is 17.4 Å². The molecular weight excluding hydrogens is 286 g/mol. The fourth-order valence-electron chi connectivity index (χ4n) is 2.47. The van der Waals surface area contributed by atoms with Gasteiger partial charge in [-0.1, -0.05) is 5.16 Å². The molecule has 1 fully saturated rings. The lowest BCUT2D eigenvalue weighted by Crippen LogP contribution is -2.44. The molecule has 1 aliphatic rings. The van der Waals surface area contributed by atoms with Gasteiger partial charge in [-0.15, -0.1) is 0 Å². The zero-order valence-electron chi connectivity index (χ0n) is 12.6. The third kappa shape index (κ3) is 2.75. The molecule has 2 aromatic heterocycles. The van der Waals surface area contributed by atoms with Gasteiger partial charge in [0, 0.05) is 31.9 Å². The molecule has 22 heavy (non-hydrogen) atoms. The van der Waals surface area contributed by atoms with Gasteiger partial charge in [-0.05, 0) is 19.9 Å². The largest absolute Gasteiger partial charge is 0.387 e. The van der Waals surface area contributed by atoms with E-state index in [1.807, 2.05) is 14.0 Å². The van der Waals surface area contributed by atoms with Gasteiger partial charge >= 0.3 is 0 Å². The first-order valence-corrected chi connectivity index (χ1v) is 7.15. The third-order valence-electron chi connectivity index (χ3n) is 4.04. The maximum Gasteiger partial charge on any atom is 0.273 e. The van der Waals surface area contributed by atoms with E-state index < -0.39 is 5.60 Å². The Balaban J connectivity index is 1.68. The molecule has 3 heterocycles. The van der Waals surface area contributed by atoms with Gasteiger partial charge in [0.25, 0.3) is 5.91 Å². The summed E-state index contributed by atoms with van der Waals surface area (Å²) in [5.74, 6) is 0.133. The Bertz CT molecular complexity index is 684. The van der Waals surface area contributed by atoms with E-state index >= 15 is 0 Å². The van der Waals surface area contributed by atoms with Crippen molar-refractivity contribution in [2.24, 2.45) is 7.05 Å². The van der Waals surface area contributed by atoms with Crippen LogP contribution in [0.4, 0.5) is 0 Å². The molecule has 0 unspecified atom stereocenters. The quantitative estimate of drug-likeness (QED) is 0.725. The number of nitrogens with one attached hydrogen (secondary N) is 2. The van der Waals surface area contributed by atoms with Crippen molar-refractivity contribution in [2.75, 3.05) is 19.6 Å². The maximum absolute atomic E-state index is 12.1. The summed E-state index contributed by atoms with van der Waals surface area (Å²) in [5.41, 5.74) is 1.03. The van der Waals surface area contributed by atoms with Gasteiger partial charge in [0.2, 0.25) is 0 Å². The highest BCUT2D eigenvalue weighted by atomic mass is 16.5. The van der Waals surface area contributed by atoms with E-state index in [1.54, 1.807) is 16.9 Å². The number of carbonyl (C=O) groups excluding carboxylic acids is 1. The summed E-state index contributed by atoms with van der Waals surface area (Å²) in [7, 11) is 1.83. The number of aryl methyl sites for hydroxylation is 1. The number of aliphatic hydroxyl groups is 1. The minimum Gasteiger partial charge on any atom is -0.387 e. The predicted molar refractivity (Wildman–Crippen MR) is 78.2 cm³/mol. The van der Waals surface area contributed by atoms with Gasteiger partial charge in [0.1, 0.15) is 0 Å². The minimum absolute atomic E-state index is 0.187. The Morgan fingerprint density at radius 1 is 1.64 bits per heavy atom. The second kappa shape index (κ2) is 5.54. The fraction of sp³-hybridized carbons (Fsp3) is 0.500. The van der Waals surface area contributed by atoms with Crippen molar-refractivity contribution < 1.29 is 14.4 Å². The summed E-state index contributed by atoms with van der Waals surface area (Å²) in [6.45, 7) is 3.33. The summed E-state index contributed by atoms with van der Waals surface area (Å²) in [6, 6.07) is 1.58. The molecule has 8 nitrogen and oxygen atoms in total. The number of amides is 1. The molecule has 118 valence electrons. The minimum atomic E-state index is -0.887. The smallest absolute Gasteiger partial charge is 0.273 e. The Morgan fingerprint density at radius 3 is 3.09 bits per heavy atom. The summed E-state index contributed by atoms with van der Waals surface area (Å²) in [6.07, 6.45) is 2.29. The number of aromatic nitrogens is 3. The van der Waals surface area contributed by atoms with Crippen molar-refractivity contribution in [3.8, 4) is 11.3 Å². The standard InChI is InChI=1S/C14H19N5O3/c1-9-10(6-17-19(9)2)12-5-11(18-22-12)13(20)16-8-14(21)3-4-15-7-14/h5-6,15,21H,3-4,7-8H2,1-2H3,(H,16,20)/t14-/m1/s1. The molecule has 8 heteroatoms. The summed E-state index contributed by atoms with van der Waals surface area (Å²) < 4.78 is 6.95. The molecule has 0 saturated carbocycles. The monoisotopic (exact) mass is 305 g/mol. The van der Waals surface area contributed by atoms with E-state index in [4.69, 9.17) is 4.52 Å². The van der Waals surface area contributed by atoms with Crippen LogP contribution in [0.25, 0.3) is 11.3 Å². The van der Waals surface area contributed by atoms with Gasteiger partial charge < -0.3 is 20.3 Å². The lowest BCUT2D eigenvalue weighted by molar-refractivity contribution is 0.0559. The SMILES string of the molecule is Cc1c(-c2cc(C(=O)NC[C@@]3(O)CCNC3)no2)cnn1C. The zero-order valence-corrected chi connectivity index (χ0v) is 12.6. The van der Waals surface area contributed by atoms with Crippen molar-refractivity contribution in [1.82, 2.24) is 25.6 Å². The van der Waals surface area contributed by atoms with Gasteiger partial charge in [0.15, 0.2) is 11.5 Å². The normalized spacial score (nSPS) is 21.2. The van der Waals surface area contributed by atoms with Crippen molar-refractivity contribution in [2.45, 2.75) is 18.9 Å². The van der Waals surface area contributed by atoms with E-state index in [9.17, 15) is 9.90 Å². The summed E-state index contributed by atoms with van der Waals surface area (Å²) in [4.78, 5) is 12.1. The van der Waals surface area contributed by atoms with Gasteiger partial charge in [-0.2, -0.15) is 5.10 Å². The van der Waals surface area contributed by atoms with Crippen LogP contribution in [0.15, 0.2) is 16.8 Å². The average Bonchev–Trinajstić information content (AvgIpc) is 3.20. The maximum atomic E-state index is 12.1. The molecule has 1 amide bonds. The molecule has 3 N–H and O–H groups in total. The van der Waals surface area contributed by atoms with Crippen molar-refractivity contribution in [3.63, 3.8) is 0 Å². The molecule has 1 saturated heterocycles. The van der Waals surface area contributed by atoms with Crippen molar-refractivity contribution in [3.05, 3.63) is 23.7 Å². The van der Waals surface area contributed by atoms with Crippen LogP contribution in [0.2, 0.25) is 0 Å². The molecule has 2 aromatic rings. The lowest BCUT2D eigenvalue weighted by atomic mass is 10.0. The highest BCUT2D eigenvalue weighted by molar-refractivity contribution is 5.93. The molecule has 0 aromatic carbocycles. The van der Waals surface area contributed by atoms with Crippen LogP contribution < -0.4 is 10.6 Å². The average molecular weight is 305 g/mol. The van der Waals surface area contributed by atoms with E-state index in [0.29, 0.717) is 18.7 Å². The number of rotatable bonds is 4. The number of β-amino-alcohol motifs (C(OH)–C–C–N with tert-alkyl or cyclic N) is 1. The van der Waals surface area contributed by atoms with E-state index in [2.05, 4.69) is 20.9 Å². The van der Waals surface area contributed by atoms with Crippen LogP contribution in [0, 0.1) is 6.92 Å². The third-order valence-corrected chi connectivity index (χ3v) is 4.04. The number of carbonyl (C=O) groups is 1. The first kappa shape index (κ1) is 14.7. The first-order valence-electron chi connectivity index (χ1n) is 7.15. The molecule has 1 atom stereocenters. The molecule has 0 aliphatic carbocycles.